The summed E-state index contributed by atoms with van der Waals surface area (Å²) in [5, 5.41) is 6.49. The molecule has 0 bridgehead atoms. The van der Waals surface area contributed by atoms with Crippen LogP contribution in [0.1, 0.15) is 24.4 Å². The average molecular weight is 455 g/mol. The van der Waals surface area contributed by atoms with E-state index in [0.29, 0.717) is 0 Å². The van der Waals surface area contributed by atoms with Crippen molar-refractivity contribution in [3.8, 4) is 0 Å². The maximum Gasteiger partial charge on any atom is 0.404 e. The van der Waals surface area contributed by atoms with Crippen LogP contribution < -0.4 is 16.0 Å². The Kier molecular flexibility index (Phi) is 6.42. The van der Waals surface area contributed by atoms with Crippen molar-refractivity contribution in [1.82, 2.24) is 20.9 Å². The summed E-state index contributed by atoms with van der Waals surface area (Å²) in [5.41, 5.74) is -0.206. The first-order chi connectivity index (χ1) is 14.0. The molecule has 3 N–H and O–H groups in total. The number of nitrogens with one attached hydrogen (secondary N) is 3. The van der Waals surface area contributed by atoms with Crippen LogP contribution in [0, 0.1) is 17.6 Å². The SMILES string of the molecule is CN1CC[C@@H]([C@@H](NC(=O)[C@@H]2CNC(=O)N2)c2ccc(F)c(Cl)c2F)CC1C(F)(F)F. The number of halogens is 6. The summed E-state index contributed by atoms with van der Waals surface area (Å²) in [6.07, 6.45) is -4.67. The van der Waals surface area contributed by atoms with Gasteiger partial charge in [0.1, 0.15) is 28.7 Å². The second kappa shape index (κ2) is 8.54. The average Bonchev–Trinajstić information content (AvgIpc) is 3.11. The highest BCUT2D eigenvalue weighted by Crippen LogP contribution is 2.40. The molecule has 0 aromatic heterocycles. The molecule has 166 valence electrons. The third kappa shape index (κ3) is 4.61. The molecule has 2 fully saturated rings. The van der Waals surface area contributed by atoms with Gasteiger partial charge in [0.2, 0.25) is 5.91 Å². The highest BCUT2D eigenvalue weighted by Gasteiger charge is 2.47. The van der Waals surface area contributed by atoms with E-state index >= 15 is 0 Å². The van der Waals surface area contributed by atoms with Crippen molar-refractivity contribution in [3.05, 3.63) is 34.4 Å². The van der Waals surface area contributed by atoms with Crippen LogP contribution in [0.5, 0.6) is 0 Å². The molecular formula is C18H20ClF5N4O2. The summed E-state index contributed by atoms with van der Waals surface area (Å²) in [5.74, 6) is -3.65. The van der Waals surface area contributed by atoms with Crippen LogP contribution in [0.3, 0.4) is 0 Å². The van der Waals surface area contributed by atoms with E-state index in [1.807, 2.05) is 0 Å². The molecule has 12 heteroatoms. The number of alkyl halides is 3. The molecule has 0 aliphatic carbocycles. The van der Waals surface area contributed by atoms with Crippen molar-refractivity contribution < 1.29 is 31.5 Å². The van der Waals surface area contributed by atoms with Crippen LogP contribution in [0.4, 0.5) is 26.7 Å². The Morgan fingerprint density at radius 2 is 2.03 bits per heavy atom. The highest BCUT2D eigenvalue weighted by atomic mass is 35.5. The first-order valence-corrected chi connectivity index (χ1v) is 9.62. The number of piperidine rings is 1. The third-order valence-corrected chi connectivity index (χ3v) is 5.89. The van der Waals surface area contributed by atoms with E-state index in [9.17, 15) is 31.5 Å². The summed E-state index contributed by atoms with van der Waals surface area (Å²) in [6.45, 7) is 0.0438. The fourth-order valence-corrected chi connectivity index (χ4v) is 4.07. The zero-order valence-corrected chi connectivity index (χ0v) is 16.6. The van der Waals surface area contributed by atoms with Gasteiger partial charge >= 0.3 is 12.2 Å². The number of amides is 3. The topological polar surface area (TPSA) is 73.5 Å². The molecule has 2 aliphatic rings. The van der Waals surface area contributed by atoms with E-state index in [0.717, 1.165) is 17.0 Å². The molecule has 2 saturated heterocycles. The van der Waals surface area contributed by atoms with Crippen LogP contribution in [0.2, 0.25) is 5.02 Å². The summed E-state index contributed by atoms with van der Waals surface area (Å²) in [6, 6.07) is -2.54. The Morgan fingerprint density at radius 3 is 2.63 bits per heavy atom. The number of hydrogen-bond donors (Lipinski definition) is 3. The zero-order chi connectivity index (χ0) is 22.2. The van der Waals surface area contributed by atoms with Crippen molar-refractivity contribution >= 4 is 23.5 Å². The number of urea groups is 1. The molecule has 1 unspecified atom stereocenters. The lowest BCUT2D eigenvalue weighted by Crippen LogP contribution is -2.52. The van der Waals surface area contributed by atoms with E-state index < -0.39 is 65.2 Å². The zero-order valence-electron chi connectivity index (χ0n) is 15.8. The van der Waals surface area contributed by atoms with Crippen LogP contribution in [-0.4, -0.2) is 55.2 Å². The fraction of sp³-hybridized carbons (Fsp3) is 0.556. The molecule has 6 nitrogen and oxygen atoms in total. The van der Waals surface area contributed by atoms with E-state index in [1.165, 1.54) is 7.05 Å². The van der Waals surface area contributed by atoms with Crippen LogP contribution >= 0.6 is 11.6 Å². The van der Waals surface area contributed by atoms with Gasteiger partial charge in [0.05, 0.1) is 6.04 Å². The van der Waals surface area contributed by atoms with Gasteiger partial charge in [-0.05, 0) is 38.4 Å². The highest BCUT2D eigenvalue weighted by molar-refractivity contribution is 6.31. The molecule has 0 saturated carbocycles. The lowest BCUT2D eigenvalue weighted by Gasteiger charge is -2.41. The van der Waals surface area contributed by atoms with Gasteiger partial charge in [0.15, 0.2) is 0 Å². The Bertz CT molecular complexity index is 838. The predicted molar refractivity (Wildman–Crippen MR) is 97.8 cm³/mol. The molecule has 1 aromatic carbocycles. The number of likely N-dealkylation sites (tertiary alicyclic amines) is 1. The van der Waals surface area contributed by atoms with Crippen molar-refractivity contribution in [2.24, 2.45) is 5.92 Å². The van der Waals surface area contributed by atoms with Gasteiger partial charge in [0.25, 0.3) is 0 Å². The van der Waals surface area contributed by atoms with Crippen LogP contribution in [0.25, 0.3) is 0 Å². The maximum atomic E-state index is 14.7. The van der Waals surface area contributed by atoms with Crippen LogP contribution in [-0.2, 0) is 4.79 Å². The molecule has 3 rings (SSSR count). The predicted octanol–water partition coefficient (Wildman–Crippen LogP) is 2.73. The van der Waals surface area contributed by atoms with E-state index in [2.05, 4.69) is 16.0 Å². The molecular weight excluding hydrogens is 435 g/mol. The molecule has 2 heterocycles. The number of hydrogen-bond acceptors (Lipinski definition) is 3. The molecule has 2 aliphatic heterocycles. The van der Waals surface area contributed by atoms with Crippen molar-refractivity contribution in [2.75, 3.05) is 20.1 Å². The van der Waals surface area contributed by atoms with E-state index in [1.54, 1.807) is 0 Å². The molecule has 0 radical (unpaired) electrons. The van der Waals surface area contributed by atoms with Gasteiger partial charge in [0, 0.05) is 12.1 Å². The summed E-state index contributed by atoms with van der Waals surface area (Å²) in [7, 11) is 1.34. The minimum atomic E-state index is -4.51. The normalized spacial score (nSPS) is 26.1. The lowest BCUT2D eigenvalue weighted by atomic mass is 9.81. The van der Waals surface area contributed by atoms with Gasteiger partial charge in [-0.3, -0.25) is 9.69 Å². The molecule has 3 amide bonds. The number of rotatable bonds is 4. The number of carbonyl (C=O) groups is 2. The number of nitrogens with zero attached hydrogens (tertiary/aromatic N) is 1. The van der Waals surface area contributed by atoms with Gasteiger partial charge < -0.3 is 16.0 Å². The van der Waals surface area contributed by atoms with E-state index in [4.69, 9.17) is 11.6 Å². The second-order valence-electron chi connectivity index (χ2n) is 7.48. The third-order valence-electron chi connectivity index (χ3n) is 5.55. The maximum absolute atomic E-state index is 14.7. The first-order valence-electron chi connectivity index (χ1n) is 9.24. The Labute approximate surface area is 174 Å². The second-order valence-corrected chi connectivity index (χ2v) is 7.86. The van der Waals surface area contributed by atoms with Gasteiger partial charge in [-0.2, -0.15) is 13.2 Å². The fourth-order valence-electron chi connectivity index (χ4n) is 3.89. The minimum absolute atomic E-state index is 0.0252. The largest absolute Gasteiger partial charge is 0.404 e. The van der Waals surface area contributed by atoms with Crippen molar-refractivity contribution in [3.63, 3.8) is 0 Å². The smallest absolute Gasteiger partial charge is 0.347 e. The van der Waals surface area contributed by atoms with Gasteiger partial charge in [-0.15, -0.1) is 0 Å². The van der Waals surface area contributed by atoms with E-state index in [-0.39, 0.29) is 25.1 Å². The Morgan fingerprint density at radius 1 is 1.33 bits per heavy atom. The molecule has 0 spiro atoms. The van der Waals surface area contributed by atoms with Crippen molar-refractivity contribution in [1.29, 1.82) is 0 Å². The monoisotopic (exact) mass is 454 g/mol. The summed E-state index contributed by atoms with van der Waals surface area (Å²) < 4.78 is 68.7. The summed E-state index contributed by atoms with van der Waals surface area (Å²) >= 11 is 5.66. The Hall–Kier alpha value is -2.14. The minimum Gasteiger partial charge on any atom is -0.347 e. The molecule has 1 aromatic rings. The van der Waals surface area contributed by atoms with Crippen molar-refractivity contribution in [2.45, 2.75) is 37.1 Å². The molecule has 4 atom stereocenters. The Balaban J connectivity index is 1.92. The first kappa shape index (κ1) is 22.5. The quantitative estimate of drug-likeness (QED) is 0.484. The van der Waals surface area contributed by atoms with Gasteiger partial charge in [-0.25, -0.2) is 13.6 Å². The van der Waals surface area contributed by atoms with Crippen LogP contribution in [0.15, 0.2) is 12.1 Å². The molecule has 30 heavy (non-hydrogen) atoms. The van der Waals surface area contributed by atoms with Gasteiger partial charge in [-0.1, -0.05) is 17.7 Å². The number of benzene rings is 1. The standard InChI is InChI=1S/C18H20ClF5N4O2/c1-28-5-4-8(6-12(28)18(22,23)24)15(9-2-3-10(20)13(19)14(9)21)27-16(29)11-7-25-17(30)26-11/h2-3,8,11-12,15H,4-7H2,1H3,(H,27,29)(H2,25,26,30)/t8-,11+,12?,15-/m1/s1. The number of carbonyl (C=O) groups excluding carboxylic acids is 2. The lowest BCUT2D eigenvalue weighted by molar-refractivity contribution is -0.192. The summed E-state index contributed by atoms with van der Waals surface area (Å²) in [4.78, 5) is 25.0.